The van der Waals surface area contributed by atoms with Gasteiger partial charge in [0.05, 0.1) is 12.1 Å². The van der Waals surface area contributed by atoms with E-state index >= 15 is 0 Å². The van der Waals surface area contributed by atoms with E-state index in [2.05, 4.69) is 12.2 Å². The molecule has 6 nitrogen and oxygen atoms in total. The van der Waals surface area contributed by atoms with Crippen LogP contribution in [0.3, 0.4) is 0 Å². The maximum Gasteiger partial charge on any atom is 0.407 e. The largest absolute Gasteiger partial charge is 0.449 e. The van der Waals surface area contributed by atoms with E-state index in [1.165, 1.54) is 0 Å². The van der Waals surface area contributed by atoms with Crippen LogP contribution in [-0.4, -0.2) is 55.3 Å². The minimum absolute atomic E-state index is 0.00265. The van der Waals surface area contributed by atoms with Crippen molar-refractivity contribution in [1.29, 1.82) is 0 Å². The van der Waals surface area contributed by atoms with Crippen LogP contribution in [-0.2, 0) is 14.3 Å². The Labute approximate surface area is 113 Å². The number of hydrogen-bond acceptors (Lipinski definition) is 4. The molecular weight excluding hydrogens is 248 g/mol. The van der Waals surface area contributed by atoms with Gasteiger partial charge in [-0.15, -0.1) is 0 Å². The molecule has 6 heteroatoms. The number of carbonyl (C=O) groups excluding carboxylic acids is 2. The Bertz CT molecular complexity index is 340. The summed E-state index contributed by atoms with van der Waals surface area (Å²) in [6.07, 6.45) is 3.66. The van der Waals surface area contributed by atoms with Crippen LogP contribution in [0.4, 0.5) is 4.79 Å². The van der Waals surface area contributed by atoms with Gasteiger partial charge in [0.2, 0.25) is 5.91 Å². The fourth-order valence-electron chi connectivity index (χ4n) is 2.46. The van der Waals surface area contributed by atoms with Crippen molar-refractivity contribution in [2.45, 2.75) is 38.1 Å². The summed E-state index contributed by atoms with van der Waals surface area (Å²) in [6, 6.07) is 0. The molecular formula is C13H22N2O4. The molecule has 0 aromatic carbocycles. The second kappa shape index (κ2) is 6.23. The Morgan fingerprint density at radius 2 is 2.26 bits per heavy atom. The lowest BCUT2D eigenvalue weighted by atomic mass is 9.86. The Kier molecular flexibility index (Phi) is 4.63. The number of rotatable bonds is 6. The number of cyclic esters (lactones) is 1. The molecule has 0 aromatic heterocycles. The number of likely N-dealkylation sites (tertiary alicyclic amines) is 1. The highest BCUT2D eigenvalue weighted by molar-refractivity contribution is 5.79. The van der Waals surface area contributed by atoms with E-state index in [1.54, 1.807) is 4.90 Å². The third kappa shape index (κ3) is 3.59. The van der Waals surface area contributed by atoms with Gasteiger partial charge < -0.3 is 19.7 Å². The smallest absolute Gasteiger partial charge is 0.407 e. The van der Waals surface area contributed by atoms with Gasteiger partial charge in [0.25, 0.3) is 0 Å². The number of hydrogen-bond donors (Lipinski definition) is 1. The van der Waals surface area contributed by atoms with Gasteiger partial charge in [-0.1, -0.05) is 19.8 Å². The summed E-state index contributed by atoms with van der Waals surface area (Å²) < 4.78 is 10.2. The van der Waals surface area contributed by atoms with Crippen molar-refractivity contribution in [3.05, 3.63) is 0 Å². The van der Waals surface area contributed by atoms with Crippen LogP contribution in [0.15, 0.2) is 0 Å². The van der Waals surface area contributed by atoms with Crippen LogP contribution >= 0.6 is 0 Å². The number of nitrogens with zero attached hydrogens (tertiary/aromatic N) is 1. The number of alkyl carbamates (subject to hydrolysis) is 1. The molecule has 2 fully saturated rings. The number of amides is 2. The molecule has 19 heavy (non-hydrogen) atoms. The summed E-state index contributed by atoms with van der Waals surface area (Å²) in [5.41, 5.74) is -0.257. The highest BCUT2D eigenvalue weighted by Gasteiger charge is 2.48. The predicted molar refractivity (Wildman–Crippen MR) is 68.8 cm³/mol. The summed E-state index contributed by atoms with van der Waals surface area (Å²) in [7, 11) is 0. The number of unbranched alkanes of at least 4 members (excludes halogenated alkanes) is 2. The Morgan fingerprint density at radius 3 is 2.95 bits per heavy atom. The molecule has 0 radical (unpaired) electrons. The van der Waals surface area contributed by atoms with Crippen molar-refractivity contribution in [3.63, 3.8) is 0 Å². The van der Waals surface area contributed by atoms with Crippen LogP contribution < -0.4 is 5.32 Å². The number of carbonyl (C=O) groups is 2. The normalized spacial score (nSPS) is 20.7. The van der Waals surface area contributed by atoms with E-state index < -0.39 is 0 Å². The summed E-state index contributed by atoms with van der Waals surface area (Å²) in [5.74, 6) is 0.00265. The second-order valence-corrected chi connectivity index (χ2v) is 5.30. The summed E-state index contributed by atoms with van der Waals surface area (Å²) in [4.78, 5) is 24.7. The maximum absolute atomic E-state index is 11.8. The molecule has 0 saturated carbocycles. The van der Waals surface area contributed by atoms with E-state index in [9.17, 15) is 9.59 Å². The molecule has 2 saturated heterocycles. The van der Waals surface area contributed by atoms with Gasteiger partial charge in [-0.25, -0.2) is 4.79 Å². The van der Waals surface area contributed by atoms with Gasteiger partial charge >= 0.3 is 6.09 Å². The molecule has 0 aromatic rings. The second-order valence-electron chi connectivity index (χ2n) is 5.30. The quantitative estimate of drug-likeness (QED) is 0.728. The van der Waals surface area contributed by atoms with Crippen molar-refractivity contribution >= 4 is 12.0 Å². The van der Waals surface area contributed by atoms with Crippen LogP contribution in [0, 0.1) is 0 Å². The van der Waals surface area contributed by atoms with E-state index in [0.29, 0.717) is 26.3 Å². The zero-order valence-corrected chi connectivity index (χ0v) is 11.4. The van der Waals surface area contributed by atoms with Gasteiger partial charge in [0, 0.05) is 26.1 Å². The lowest BCUT2D eigenvalue weighted by Crippen LogP contribution is -2.73. The van der Waals surface area contributed by atoms with Crippen molar-refractivity contribution in [1.82, 2.24) is 10.2 Å². The average molecular weight is 270 g/mol. The predicted octanol–water partition coefficient (Wildman–Crippen LogP) is 0.904. The molecule has 2 aliphatic rings. The fourth-order valence-corrected chi connectivity index (χ4v) is 2.46. The zero-order valence-electron chi connectivity index (χ0n) is 11.4. The monoisotopic (exact) mass is 270 g/mol. The van der Waals surface area contributed by atoms with Gasteiger partial charge in [-0.3, -0.25) is 4.79 Å². The van der Waals surface area contributed by atoms with E-state index in [1.807, 2.05) is 0 Å². The molecule has 0 unspecified atom stereocenters. The van der Waals surface area contributed by atoms with Crippen molar-refractivity contribution in [3.8, 4) is 0 Å². The first-order chi connectivity index (χ1) is 9.15. The SMILES string of the molecule is CCCCCOCC(=O)N1CC2(CCOC(=O)N2)C1. The van der Waals surface area contributed by atoms with E-state index in [4.69, 9.17) is 9.47 Å². The molecule has 1 N–H and O–H groups in total. The minimum Gasteiger partial charge on any atom is -0.449 e. The van der Waals surface area contributed by atoms with Crippen LogP contribution in [0.5, 0.6) is 0 Å². The molecule has 108 valence electrons. The Hall–Kier alpha value is -1.30. The number of nitrogens with one attached hydrogen (secondary N) is 1. The van der Waals surface area contributed by atoms with Gasteiger partial charge in [-0.2, -0.15) is 0 Å². The molecule has 0 atom stereocenters. The molecule has 0 aliphatic carbocycles. The van der Waals surface area contributed by atoms with Crippen molar-refractivity contribution < 1.29 is 19.1 Å². The van der Waals surface area contributed by atoms with Gasteiger partial charge in [0.15, 0.2) is 0 Å². The van der Waals surface area contributed by atoms with Crippen molar-refractivity contribution in [2.24, 2.45) is 0 Å². The van der Waals surface area contributed by atoms with Crippen LogP contribution in [0.2, 0.25) is 0 Å². The molecule has 0 bridgehead atoms. The summed E-state index contributed by atoms with van der Waals surface area (Å²) in [5, 5.41) is 2.80. The fraction of sp³-hybridized carbons (Fsp3) is 0.846. The summed E-state index contributed by atoms with van der Waals surface area (Å²) in [6.45, 7) is 4.49. The van der Waals surface area contributed by atoms with Crippen LogP contribution in [0.1, 0.15) is 32.6 Å². The average Bonchev–Trinajstić information content (AvgIpc) is 2.35. The third-order valence-corrected chi connectivity index (χ3v) is 3.64. The third-order valence-electron chi connectivity index (χ3n) is 3.64. The lowest BCUT2D eigenvalue weighted by molar-refractivity contribution is -0.146. The Balaban J connectivity index is 1.63. The molecule has 2 heterocycles. The first kappa shape index (κ1) is 14.1. The van der Waals surface area contributed by atoms with Gasteiger partial charge in [-0.05, 0) is 6.42 Å². The topological polar surface area (TPSA) is 67.9 Å². The molecule has 2 rings (SSSR count). The first-order valence-corrected chi connectivity index (χ1v) is 6.96. The Morgan fingerprint density at radius 1 is 1.47 bits per heavy atom. The first-order valence-electron chi connectivity index (χ1n) is 6.96. The standard InChI is InChI=1S/C13H22N2O4/c1-2-3-4-6-18-8-11(16)15-9-13(10-15)5-7-19-12(17)14-13/h2-10H2,1H3,(H,14,17). The minimum atomic E-state index is -0.380. The van der Waals surface area contributed by atoms with Crippen molar-refractivity contribution in [2.75, 3.05) is 32.9 Å². The van der Waals surface area contributed by atoms with E-state index in [-0.39, 0.29) is 24.1 Å². The molecule has 1 spiro atoms. The van der Waals surface area contributed by atoms with Gasteiger partial charge in [0.1, 0.15) is 6.61 Å². The molecule has 2 amide bonds. The zero-order chi connectivity index (χ0) is 13.7. The highest BCUT2D eigenvalue weighted by Crippen LogP contribution is 2.27. The summed E-state index contributed by atoms with van der Waals surface area (Å²) >= 11 is 0. The highest BCUT2D eigenvalue weighted by atomic mass is 16.6. The van der Waals surface area contributed by atoms with Crippen LogP contribution in [0.25, 0.3) is 0 Å². The maximum atomic E-state index is 11.8. The lowest BCUT2D eigenvalue weighted by Gasteiger charge is -2.51. The number of ether oxygens (including phenoxy) is 2. The van der Waals surface area contributed by atoms with E-state index in [0.717, 1.165) is 25.7 Å². The molecule has 2 aliphatic heterocycles.